The van der Waals surface area contributed by atoms with Gasteiger partial charge in [-0.15, -0.1) is 11.3 Å². The van der Waals surface area contributed by atoms with E-state index in [9.17, 15) is 5.11 Å². The van der Waals surface area contributed by atoms with Crippen LogP contribution in [-0.2, 0) is 0 Å². The topological polar surface area (TPSA) is 25.2 Å². The van der Waals surface area contributed by atoms with Gasteiger partial charge in [-0.25, -0.2) is 0 Å². The van der Waals surface area contributed by atoms with Crippen LogP contribution in [0.1, 0.15) is 5.56 Å². The van der Waals surface area contributed by atoms with Crippen molar-refractivity contribution in [3.63, 3.8) is 0 Å². The first-order valence-corrected chi connectivity index (χ1v) is 5.44. The Balaban J connectivity index is 2.60. The summed E-state index contributed by atoms with van der Waals surface area (Å²) in [7, 11) is 0. The zero-order valence-corrected chi connectivity index (χ0v) is 9.23. The van der Waals surface area contributed by atoms with Crippen molar-refractivity contribution < 1.29 is 5.11 Å². The predicted octanol–water partition coefficient (Wildman–Crippen LogP) is 3.28. The number of thiazole rings is 1. The minimum atomic E-state index is 0.198. The van der Waals surface area contributed by atoms with E-state index in [-0.39, 0.29) is 5.88 Å². The molecule has 0 spiro atoms. The van der Waals surface area contributed by atoms with E-state index in [1.165, 1.54) is 16.9 Å². The van der Waals surface area contributed by atoms with Gasteiger partial charge in [0.1, 0.15) is 0 Å². The largest absolute Gasteiger partial charge is 0.494 e. The van der Waals surface area contributed by atoms with Crippen molar-refractivity contribution in [2.75, 3.05) is 0 Å². The number of aromatic nitrogens is 1. The molecule has 1 aromatic heterocycles. The normalized spacial score (nSPS) is 10.4. The molecular weight excluding hydrogens is 214 g/mol. The minimum absolute atomic E-state index is 0.198. The molecule has 4 heteroatoms. The van der Waals surface area contributed by atoms with Gasteiger partial charge in [-0.2, -0.15) is 0 Å². The monoisotopic (exact) mass is 223 g/mol. The first kappa shape index (κ1) is 9.43. The Bertz CT molecular complexity index is 496. The molecule has 0 radical (unpaired) electrons. The van der Waals surface area contributed by atoms with E-state index in [0.717, 1.165) is 5.69 Å². The third-order valence-corrected chi connectivity index (χ3v) is 3.15. The first-order chi connectivity index (χ1) is 6.68. The molecular formula is C10H9NOS2. The van der Waals surface area contributed by atoms with Crippen LogP contribution >= 0.6 is 23.6 Å². The van der Waals surface area contributed by atoms with Crippen LogP contribution in [0.4, 0.5) is 0 Å². The molecule has 1 aromatic carbocycles. The summed E-state index contributed by atoms with van der Waals surface area (Å²) in [5, 5.41) is 11.2. The molecule has 2 rings (SSSR count). The van der Waals surface area contributed by atoms with Gasteiger partial charge in [0, 0.05) is 0 Å². The third-order valence-electron chi connectivity index (χ3n) is 1.97. The average molecular weight is 223 g/mol. The summed E-state index contributed by atoms with van der Waals surface area (Å²) in [6.07, 6.45) is 0. The van der Waals surface area contributed by atoms with Crippen LogP contribution in [0.5, 0.6) is 5.88 Å². The van der Waals surface area contributed by atoms with Gasteiger partial charge in [-0.05, 0) is 31.3 Å². The third kappa shape index (κ3) is 1.58. The van der Waals surface area contributed by atoms with Gasteiger partial charge >= 0.3 is 0 Å². The van der Waals surface area contributed by atoms with Crippen LogP contribution in [0, 0.1) is 10.9 Å². The highest BCUT2D eigenvalue weighted by Gasteiger charge is 2.03. The van der Waals surface area contributed by atoms with Gasteiger partial charge in [0.25, 0.3) is 0 Å². The van der Waals surface area contributed by atoms with Crippen molar-refractivity contribution in [3.8, 4) is 11.6 Å². The molecule has 72 valence electrons. The van der Waals surface area contributed by atoms with Crippen molar-refractivity contribution in [1.29, 1.82) is 0 Å². The smallest absolute Gasteiger partial charge is 0.207 e. The van der Waals surface area contributed by atoms with Crippen molar-refractivity contribution in [2.45, 2.75) is 6.92 Å². The maximum Gasteiger partial charge on any atom is 0.207 e. The Morgan fingerprint density at radius 2 is 1.93 bits per heavy atom. The molecule has 0 bridgehead atoms. The van der Waals surface area contributed by atoms with Gasteiger partial charge < -0.3 is 5.11 Å². The van der Waals surface area contributed by atoms with E-state index in [1.807, 2.05) is 31.2 Å². The molecule has 2 aromatic rings. The van der Waals surface area contributed by atoms with Crippen molar-refractivity contribution in [1.82, 2.24) is 4.57 Å². The summed E-state index contributed by atoms with van der Waals surface area (Å²) in [4.78, 5) is 0. The lowest BCUT2D eigenvalue weighted by Gasteiger charge is -2.03. The van der Waals surface area contributed by atoms with Crippen molar-refractivity contribution >= 4 is 23.6 Å². The highest BCUT2D eigenvalue weighted by atomic mass is 32.1. The molecule has 0 fully saturated rings. The Labute approximate surface area is 91.1 Å². The lowest BCUT2D eigenvalue weighted by atomic mass is 10.2. The van der Waals surface area contributed by atoms with Gasteiger partial charge in [-0.3, -0.25) is 4.57 Å². The molecule has 2 nitrogen and oxygen atoms in total. The summed E-state index contributed by atoms with van der Waals surface area (Å²) < 4.78 is 2.31. The molecule has 0 aliphatic heterocycles. The Morgan fingerprint density at radius 1 is 1.29 bits per heavy atom. The van der Waals surface area contributed by atoms with E-state index in [0.29, 0.717) is 3.95 Å². The lowest BCUT2D eigenvalue weighted by molar-refractivity contribution is 0.442. The molecule has 1 heterocycles. The fraction of sp³-hybridized carbons (Fsp3) is 0.100. The fourth-order valence-electron chi connectivity index (χ4n) is 1.23. The van der Waals surface area contributed by atoms with E-state index in [1.54, 1.807) is 9.95 Å². The average Bonchev–Trinajstić information content (AvgIpc) is 2.49. The molecule has 0 saturated carbocycles. The van der Waals surface area contributed by atoms with Crippen LogP contribution in [-0.4, -0.2) is 9.67 Å². The molecule has 14 heavy (non-hydrogen) atoms. The second kappa shape index (κ2) is 3.55. The van der Waals surface area contributed by atoms with E-state index in [2.05, 4.69) is 0 Å². The van der Waals surface area contributed by atoms with E-state index >= 15 is 0 Å². The number of nitrogens with zero attached hydrogens (tertiary/aromatic N) is 1. The number of benzene rings is 1. The van der Waals surface area contributed by atoms with Crippen molar-refractivity contribution in [3.05, 3.63) is 39.2 Å². The van der Waals surface area contributed by atoms with E-state index in [4.69, 9.17) is 12.2 Å². The van der Waals surface area contributed by atoms with Gasteiger partial charge in [0.15, 0.2) is 3.95 Å². The van der Waals surface area contributed by atoms with Crippen LogP contribution in [0.15, 0.2) is 29.6 Å². The summed E-state index contributed by atoms with van der Waals surface area (Å²) in [6.45, 7) is 2.02. The summed E-state index contributed by atoms with van der Waals surface area (Å²) in [6, 6.07) is 7.87. The molecule has 0 atom stereocenters. The highest BCUT2D eigenvalue weighted by Crippen LogP contribution is 2.22. The molecule has 1 N–H and O–H groups in total. The van der Waals surface area contributed by atoms with Gasteiger partial charge in [-0.1, -0.05) is 17.7 Å². The maximum absolute atomic E-state index is 9.56. The van der Waals surface area contributed by atoms with Crippen LogP contribution in [0.3, 0.4) is 0 Å². The zero-order valence-electron chi connectivity index (χ0n) is 7.60. The minimum Gasteiger partial charge on any atom is -0.494 e. The second-order valence-electron chi connectivity index (χ2n) is 3.03. The Hall–Kier alpha value is -1.13. The zero-order chi connectivity index (χ0) is 10.1. The molecule has 0 unspecified atom stereocenters. The SMILES string of the molecule is Cc1ccc(-n2c(O)csc2=S)cc1. The second-order valence-corrected chi connectivity index (χ2v) is 4.53. The van der Waals surface area contributed by atoms with Crippen molar-refractivity contribution in [2.24, 2.45) is 0 Å². The maximum atomic E-state index is 9.56. The lowest BCUT2D eigenvalue weighted by Crippen LogP contribution is -1.91. The highest BCUT2D eigenvalue weighted by molar-refractivity contribution is 7.73. The van der Waals surface area contributed by atoms with Crippen LogP contribution < -0.4 is 0 Å². The standard InChI is InChI=1S/C10H9NOS2/c1-7-2-4-8(5-3-7)11-9(12)6-14-10(11)13/h2-6,12H,1H3. The number of aromatic hydroxyl groups is 1. The summed E-state index contributed by atoms with van der Waals surface area (Å²) in [5.74, 6) is 0.198. The van der Waals surface area contributed by atoms with Gasteiger partial charge in [0.2, 0.25) is 5.88 Å². The predicted molar refractivity (Wildman–Crippen MR) is 60.9 cm³/mol. The Morgan fingerprint density at radius 3 is 2.43 bits per heavy atom. The quantitative estimate of drug-likeness (QED) is 0.750. The molecule has 0 amide bonds. The van der Waals surface area contributed by atoms with Crippen LogP contribution in [0.25, 0.3) is 5.69 Å². The number of hydrogen-bond donors (Lipinski definition) is 1. The molecule has 0 aliphatic carbocycles. The number of hydrogen-bond acceptors (Lipinski definition) is 3. The summed E-state index contributed by atoms with van der Waals surface area (Å²) >= 11 is 6.47. The summed E-state index contributed by atoms with van der Waals surface area (Å²) in [5.41, 5.74) is 2.09. The van der Waals surface area contributed by atoms with Gasteiger partial charge in [0.05, 0.1) is 11.1 Å². The number of aryl methyl sites for hydroxylation is 1. The number of rotatable bonds is 1. The fourth-order valence-corrected chi connectivity index (χ4v) is 2.19. The van der Waals surface area contributed by atoms with E-state index < -0.39 is 0 Å². The Kier molecular flexibility index (Phi) is 2.39. The molecule has 0 saturated heterocycles. The molecule has 0 aliphatic rings. The van der Waals surface area contributed by atoms with Crippen LogP contribution in [0.2, 0.25) is 0 Å². The first-order valence-electron chi connectivity index (χ1n) is 4.15.